The molecule has 0 aliphatic carbocycles. The second-order valence-electron chi connectivity index (χ2n) is 2.15. The van der Waals surface area contributed by atoms with Crippen LogP contribution in [-0.2, 0) is 4.74 Å². The number of hydrogen-bond donors (Lipinski definition) is 1. The quantitative estimate of drug-likeness (QED) is 0.470. The first-order chi connectivity index (χ1) is 4.81. The molecule has 1 N–H and O–H groups in total. The SMILES string of the molecule is CC=CCOC(O)CCC. The zero-order chi connectivity index (χ0) is 7.82. The highest BCUT2D eigenvalue weighted by molar-refractivity contribution is 4.75. The first-order valence-electron chi connectivity index (χ1n) is 3.72. The molecule has 0 saturated heterocycles. The van der Waals surface area contributed by atoms with Crippen LogP contribution < -0.4 is 0 Å². The molecule has 2 nitrogen and oxygen atoms in total. The molecule has 0 aromatic heterocycles. The number of ether oxygens (including phenoxy) is 1. The molecule has 0 saturated carbocycles. The molecular formula is C8H16O2. The van der Waals surface area contributed by atoms with Crippen LogP contribution in [-0.4, -0.2) is 18.0 Å². The van der Waals surface area contributed by atoms with E-state index >= 15 is 0 Å². The summed E-state index contributed by atoms with van der Waals surface area (Å²) in [5.74, 6) is 0. The van der Waals surface area contributed by atoms with Crippen molar-refractivity contribution in [2.45, 2.75) is 33.0 Å². The molecule has 0 aliphatic heterocycles. The van der Waals surface area contributed by atoms with Crippen LogP contribution in [0.25, 0.3) is 0 Å². The van der Waals surface area contributed by atoms with Gasteiger partial charge in [-0.15, -0.1) is 0 Å². The van der Waals surface area contributed by atoms with Crippen LogP contribution >= 0.6 is 0 Å². The summed E-state index contributed by atoms with van der Waals surface area (Å²) in [4.78, 5) is 0. The second kappa shape index (κ2) is 6.78. The van der Waals surface area contributed by atoms with Crippen LogP contribution in [0.5, 0.6) is 0 Å². The summed E-state index contributed by atoms with van der Waals surface area (Å²) in [7, 11) is 0. The van der Waals surface area contributed by atoms with Gasteiger partial charge in [-0.25, -0.2) is 0 Å². The zero-order valence-electron chi connectivity index (χ0n) is 6.71. The van der Waals surface area contributed by atoms with Crippen molar-refractivity contribution < 1.29 is 9.84 Å². The minimum absolute atomic E-state index is 0.512. The summed E-state index contributed by atoms with van der Waals surface area (Å²) in [6.07, 6.45) is 4.87. The van der Waals surface area contributed by atoms with E-state index in [2.05, 4.69) is 0 Å². The molecule has 10 heavy (non-hydrogen) atoms. The molecule has 0 spiro atoms. The Bertz CT molecular complexity index is 89.3. The topological polar surface area (TPSA) is 29.5 Å². The molecule has 1 atom stereocenters. The monoisotopic (exact) mass is 144 g/mol. The lowest BCUT2D eigenvalue weighted by atomic mass is 10.3. The molecule has 0 radical (unpaired) electrons. The molecule has 0 amide bonds. The van der Waals surface area contributed by atoms with E-state index in [9.17, 15) is 0 Å². The van der Waals surface area contributed by atoms with Crippen molar-refractivity contribution in [1.82, 2.24) is 0 Å². The smallest absolute Gasteiger partial charge is 0.154 e. The molecule has 0 aromatic rings. The van der Waals surface area contributed by atoms with E-state index in [1.807, 2.05) is 26.0 Å². The predicted molar refractivity (Wildman–Crippen MR) is 41.7 cm³/mol. The maximum atomic E-state index is 9.02. The number of rotatable bonds is 5. The van der Waals surface area contributed by atoms with Crippen molar-refractivity contribution in [2.24, 2.45) is 0 Å². The maximum Gasteiger partial charge on any atom is 0.154 e. The Morgan fingerprint density at radius 1 is 1.60 bits per heavy atom. The van der Waals surface area contributed by atoms with Crippen LogP contribution in [0.15, 0.2) is 12.2 Å². The highest BCUT2D eigenvalue weighted by Crippen LogP contribution is 1.97. The third-order valence-corrected chi connectivity index (χ3v) is 1.16. The molecule has 0 fully saturated rings. The van der Waals surface area contributed by atoms with Gasteiger partial charge in [-0.05, 0) is 13.3 Å². The van der Waals surface area contributed by atoms with Gasteiger partial charge in [-0.1, -0.05) is 25.5 Å². The fraction of sp³-hybridized carbons (Fsp3) is 0.750. The highest BCUT2D eigenvalue weighted by atomic mass is 16.6. The number of allylic oxidation sites excluding steroid dienone is 1. The third kappa shape index (κ3) is 5.79. The van der Waals surface area contributed by atoms with Gasteiger partial charge in [-0.3, -0.25) is 0 Å². The lowest BCUT2D eigenvalue weighted by molar-refractivity contribution is -0.0929. The fourth-order valence-corrected chi connectivity index (χ4v) is 0.593. The number of aliphatic hydroxyl groups excluding tert-OH is 1. The van der Waals surface area contributed by atoms with E-state index in [1.54, 1.807) is 0 Å². The summed E-state index contributed by atoms with van der Waals surface area (Å²) < 4.78 is 4.99. The minimum Gasteiger partial charge on any atom is -0.368 e. The van der Waals surface area contributed by atoms with Crippen LogP contribution in [0.4, 0.5) is 0 Å². The van der Waals surface area contributed by atoms with Gasteiger partial charge in [0.05, 0.1) is 6.61 Å². The average Bonchev–Trinajstić information content (AvgIpc) is 1.89. The van der Waals surface area contributed by atoms with Gasteiger partial charge < -0.3 is 9.84 Å². The minimum atomic E-state index is -0.582. The summed E-state index contributed by atoms with van der Waals surface area (Å²) in [5, 5.41) is 9.02. The van der Waals surface area contributed by atoms with Crippen LogP contribution in [0.3, 0.4) is 0 Å². The van der Waals surface area contributed by atoms with Gasteiger partial charge in [0.1, 0.15) is 0 Å². The van der Waals surface area contributed by atoms with Crippen LogP contribution in [0, 0.1) is 0 Å². The molecule has 0 heterocycles. The molecule has 0 bridgehead atoms. The van der Waals surface area contributed by atoms with Gasteiger partial charge >= 0.3 is 0 Å². The van der Waals surface area contributed by atoms with Crippen LogP contribution in [0.2, 0.25) is 0 Å². The molecule has 0 aliphatic rings. The van der Waals surface area contributed by atoms with E-state index in [-0.39, 0.29) is 0 Å². The summed E-state index contributed by atoms with van der Waals surface area (Å²) in [6, 6.07) is 0. The Labute approximate surface area is 62.5 Å². The Kier molecular flexibility index (Phi) is 6.55. The third-order valence-electron chi connectivity index (χ3n) is 1.16. The molecule has 0 aromatic carbocycles. The van der Waals surface area contributed by atoms with Crippen molar-refractivity contribution in [2.75, 3.05) is 6.61 Å². The maximum absolute atomic E-state index is 9.02. The first-order valence-corrected chi connectivity index (χ1v) is 3.72. The zero-order valence-corrected chi connectivity index (χ0v) is 6.71. The summed E-state index contributed by atoms with van der Waals surface area (Å²) >= 11 is 0. The van der Waals surface area contributed by atoms with E-state index < -0.39 is 6.29 Å². The van der Waals surface area contributed by atoms with Gasteiger partial charge in [0.2, 0.25) is 0 Å². The fourth-order valence-electron chi connectivity index (χ4n) is 0.593. The molecule has 0 rings (SSSR count). The Balaban J connectivity index is 3.12. The number of aliphatic hydroxyl groups is 1. The summed E-state index contributed by atoms with van der Waals surface area (Å²) in [5.41, 5.74) is 0. The normalized spacial score (nSPS) is 14.3. The van der Waals surface area contributed by atoms with Crippen molar-refractivity contribution in [3.8, 4) is 0 Å². The Morgan fingerprint density at radius 2 is 2.30 bits per heavy atom. The van der Waals surface area contributed by atoms with E-state index in [4.69, 9.17) is 9.84 Å². The predicted octanol–water partition coefficient (Wildman–Crippen LogP) is 1.70. The van der Waals surface area contributed by atoms with E-state index in [0.717, 1.165) is 12.8 Å². The lowest BCUT2D eigenvalue weighted by Gasteiger charge is -2.07. The Morgan fingerprint density at radius 3 is 2.80 bits per heavy atom. The highest BCUT2D eigenvalue weighted by Gasteiger charge is 1.98. The summed E-state index contributed by atoms with van der Waals surface area (Å²) in [6.45, 7) is 4.45. The van der Waals surface area contributed by atoms with Crippen molar-refractivity contribution in [1.29, 1.82) is 0 Å². The van der Waals surface area contributed by atoms with Crippen molar-refractivity contribution in [3.05, 3.63) is 12.2 Å². The van der Waals surface area contributed by atoms with Crippen molar-refractivity contribution >= 4 is 0 Å². The molecular weight excluding hydrogens is 128 g/mol. The Hall–Kier alpha value is -0.340. The average molecular weight is 144 g/mol. The molecule has 2 heteroatoms. The van der Waals surface area contributed by atoms with Gasteiger partial charge in [0, 0.05) is 0 Å². The first kappa shape index (κ1) is 9.66. The number of hydrogen-bond acceptors (Lipinski definition) is 2. The second-order valence-corrected chi connectivity index (χ2v) is 2.15. The standard InChI is InChI=1S/C8H16O2/c1-3-5-7-10-8(9)6-4-2/h3,5,8-9H,4,6-7H2,1-2H3. The van der Waals surface area contributed by atoms with Crippen molar-refractivity contribution in [3.63, 3.8) is 0 Å². The van der Waals surface area contributed by atoms with E-state index in [1.165, 1.54) is 0 Å². The molecule has 60 valence electrons. The van der Waals surface area contributed by atoms with Gasteiger partial charge in [-0.2, -0.15) is 0 Å². The lowest BCUT2D eigenvalue weighted by Crippen LogP contribution is -2.10. The molecule has 1 unspecified atom stereocenters. The van der Waals surface area contributed by atoms with Gasteiger partial charge in [0.15, 0.2) is 6.29 Å². The van der Waals surface area contributed by atoms with Crippen LogP contribution in [0.1, 0.15) is 26.7 Å². The largest absolute Gasteiger partial charge is 0.368 e. The van der Waals surface area contributed by atoms with E-state index in [0.29, 0.717) is 6.61 Å². The van der Waals surface area contributed by atoms with Gasteiger partial charge in [0.25, 0.3) is 0 Å².